The van der Waals surface area contributed by atoms with Gasteiger partial charge < -0.3 is 94.8 Å². The molecule has 20 nitrogen and oxygen atoms in total. The topological polar surface area (TPSA) is 335 Å². The zero-order valence-corrected chi connectivity index (χ0v) is 39.1. The van der Waals surface area contributed by atoms with Crippen LogP contribution >= 0.6 is 0 Å². The van der Waals surface area contributed by atoms with E-state index in [1.165, 1.54) is 12.5 Å². The average molecular weight is 961 g/mol. The minimum atomic E-state index is -1.87. The minimum Gasteiger partial charge on any atom is -0.432 e. The van der Waals surface area contributed by atoms with Gasteiger partial charge in [0.2, 0.25) is 6.29 Å². The van der Waals surface area contributed by atoms with Crippen LogP contribution < -0.4 is 0 Å². The Hall–Kier alpha value is -1.51. The molecule has 13 N–H and O–H groups in total. The van der Waals surface area contributed by atoms with Gasteiger partial charge in [0.15, 0.2) is 12.6 Å². The molecule has 67 heavy (non-hydrogen) atoms. The molecule has 29 atom stereocenters. The van der Waals surface area contributed by atoms with Crippen molar-refractivity contribution >= 4 is 5.97 Å². The van der Waals surface area contributed by atoms with Crippen LogP contribution in [0.2, 0.25) is 0 Å². The van der Waals surface area contributed by atoms with Crippen molar-refractivity contribution in [2.45, 2.75) is 190 Å². The van der Waals surface area contributed by atoms with Gasteiger partial charge in [-0.2, -0.15) is 0 Å². The molecule has 3 aliphatic heterocycles. The van der Waals surface area contributed by atoms with Gasteiger partial charge in [-0.25, -0.2) is 0 Å². The third-order valence-electron chi connectivity index (χ3n) is 18.7. The molecule has 0 radical (unpaired) electrons. The number of carbonyl (C=O) groups is 1. The van der Waals surface area contributed by atoms with Crippen LogP contribution in [0.4, 0.5) is 0 Å². The molecule has 0 amide bonds. The van der Waals surface area contributed by atoms with Crippen LogP contribution in [0, 0.1) is 63.6 Å². The van der Waals surface area contributed by atoms with Gasteiger partial charge in [0.05, 0.1) is 50.2 Å². The zero-order valence-electron chi connectivity index (χ0n) is 39.1. The van der Waals surface area contributed by atoms with Crippen LogP contribution in [0.25, 0.3) is 0 Å². The standard InChI is InChI=1S/C47H76O20/c1-17-11-21(20-9-10-45(4)23(29(20)18(17)2)8-7-22-24(45)12-25(50)39-46(22,5)13-26(51)40(60)47(39,6)16-49)41(61)67-44-36(58)33(55)31(53)28(65-44)15-62-42-37(59)34(56)38(27(14-48)64-42)66-43-35(57)32(54)30(52)19(3)63-43/h8,17-22,24-40,42-44,48-60H,7,9-16H2,1-6H3/t17?,18?,19?,20?,21?,22?,24?,25?,26?,27?,28?,29?,30-,31+,32?,33?,34?,35-,36-,37-,38-,39?,40?,42?,43?,44?,45?,46?,47?/m0/s1. The molecule has 8 rings (SSSR count). The van der Waals surface area contributed by atoms with Gasteiger partial charge >= 0.3 is 5.97 Å². The van der Waals surface area contributed by atoms with Gasteiger partial charge in [-0.3, -0.25) is 4.79 Å². The average Bonchev–Trinajstić information content (AvgIpc) is 3.29. The Bertz CT molecular complexity index is 1790. The summed E-state index contributed by atoms with van der Waals surface area (Å²) in [6, 6.07) is 0. The predicted molar refractivity (Wildman–Crippen MR) is 228 cm³/mol. The van der Waals surface area contributed by atoms with Gasteiger partial charge in [-0.15, -0.1) is 0 Å². The highest BCUT2D eigenvalue weighted by molar-refractivity contribution is 5.73. The summed E-state index contributed by atoms with van der Waals surface area (Å²) in [6.45, 7) is 10.0. The van der Waals surface area contributed by atoms with Crippen molar-refractivity contribution < 1.29 is 99.6 Å². The van der Waals surface area contributed by atoms with E-state index in [-0.39, 0.29) is 47.5 Å². The third-order valence-corrected chi connectivity index (χ3v) is 18.7. The Balaban J connectivity index is 0.941. The first-order valence-corrected chi connectivity index (χ1v) is 24.3. The predicted octanol–water partition coefficient (Wildman–Crippen LogP) is -2.60. The fraction of sp³-hybridized carbons (Fsp3) is 0.936. The van der Waals surface area contributed by atoms with E-state index in [1.807, 2.05) is 0 Å². The number of fused-ring (bicyclic) bond motifs is 7. The smallest absolute Gasteiger partial charge is 0.311 e. The summed E-state index contributed by atoms with van der Waals surface area (Å²) >= 11 is 0. The number of rotatable bonds is 9. The van der Waals surface area contributed by atoms with E-state index in [0.29, 0.717) is 38.5 Å². The molecule has 3 saturated heterocycles. The van der Waals surface area contributed by atoms with Crippen LogP contribution in [0.3, 0.4) is 0 Å². The number of aliphatic hydroxyl groups excluding tert-OH is 13. The molecule has 23 unspecified atom stereocenters. The third kappa shape index (κ3) is 8.46. The second-order valence-corrected chi connectivity index (χ2v) is 22.4. The maximum atomic E-state index is 14.4. The minimum absolute atomic E-state index is 0.0239. The Kier molecular flexibility index (Phi) is 14.8. The lowest BCUT2D eigenvalue weighted by molar-refractivity contribution is -0.361. The van der Waals surface area contributed by atoms with Gasteiger partial charge in [-0.05, 0) is 91.8 Å². The van der Waals surface area contributed by atoms with Crippen LogP contribution in [0.5, 0.6) is 0 Å². The van der Waals surface area contributed by atoms with Crippen LogP contribution in [-0.4, -0.2) is 203 Å². The molecular weight excluding hydrogens is 884 g/mol. The second kappa shape index (κ2) is 19.2. The molecule has 0 aromatic rings. The molecule has 0 bridgehead atoms. The Morgan fingerprint density at radius 2 is 1.37 bits per heavy atom. The number of ether oxygens (including phenoxy) is 6. The number of aliphatic hydroxyl groups is 13. The van der Waals surface area contributed by atoms with E-state index >= 15 is 0 Å². The molecule has 20 heteroatoms. The lowest BCUT2D eigenvalue weighted by atomic mass is 9.37. The molecule has 8 aliphatic rings. The molecule has 3 heterocycles. The van der Waals surface area contributed by atoms with E-state index in [4.69, 9.17) is 28.4 Å². The summed E-state index contributed by atoms with van der Waals surface area (Å²) < 4.78 is 34.3. The first-order valence-electron chi connectivity index (χ1n) is 24.3. The summed E-state index contributed by atoms with van der Waals surface area (Å²) in [6.07, 6.45) is -21.8. The van der Waals surface area contributed by atoms with Crippen molar-refractivity contribution in [2.24, 2.45) is 63.6 Å². The van der Waals surface area contributed by atoms with Crippen molar-refractivity contribution in [3.05, 3.63) is 11.6 Å². The quantitative estimate of drug-likeness (QED) is 0.0833. The van der Waals surface area contributed by atoms with Gasteiger partial charge in [0.25, 0.3) is 0 Å². The Morgan fingerprint density at radius 1 is 0.731 bits per heavy atom. The van der Waals surface area contributed by atoms with E-state index in [9.17, 15) is 71.2 Å². The molecular formula is C47H76O20. The normalized spacial score (nSPS) is 56.7. The van der Waals surface area contributed by atoms with Crippen molar-refractivity contribution in [1.29, 1.82) is 0 Å². The van der Waals surface area contributed by atoms with Crippen LogP contribution in [-0.2, 0) is 33.2 Å². The lowest BCUT2D eigenvalue weighted by Gasteiger charge is -2.68. The fourth-order valence-corrected chi connectivity index (χ4v) is 14.8. The SMILES string of the molecule is CC1CC(C(=O)OC2OC(COC3OC(CO)[C@H](OC4OC(C)[C@H](O)C(O)[C@@H]4O)C(O)[C@@H]3O)[C@@H](O)C(O)[C@@H]2O)C2CCC3(C)C(=CCC4C3CC(O)C3C(C)(CO)C(O)C(O)CC43C)C2C1C. The van der Waals surface area contributed by atoms with Gasteiger partial charge in [0, 0.05) is 11.3 Å². The van der Waals surface area contributed by atoms with E-state index in [1.54, 1.807) is 6.92 Å². The first kappa shape index (κ1) is 51.8. The lowest BCUT2D eigenvalue weighted by Crippen LogP contribution is -2.68. The summed E-state index contributed by atoms with van der Waals surface area (Å²) in [5.41, 5.74) is -0.763. The Morgan fingerprint density at radius 3 is 2.04 bits per heavy atom. The number of hydrogen-bond acceptors (Lipinski definition) is 20. The molecule has 7 fully saturated rings. The molecule has 0 spiro atoms. The number of carbonyl (C=O) groups excluding carboxylic acids is 1. The maximum absolute atomic E-state index is 14.4. The largest absolute Gasteiger partial charge is 0.432 e. The van der Waals surface area contributed by atoms with Crippen molar-refractivity contribution in [2.75, 3.05) is 19.8 Å². The van der Waals surface area contributed by atoms with Crippen molar-refractivity contribution in [1.82, 2.24) is 0 Å². The highest BCUT2D eigenvalue weighted by Crippen LogP contribution is 2.70. The van der Waals surface area contributed by atoms with Crippen molar-refractivity contribution in [3.63, 3.8) is 0 Å². The number of esters is 1. The highest BCUT2D eigenvalue weighted by atomic mass is 16.8. The molecule has 5 aliphatic carbocycles. The van der Waals surface area contributed by atoms with E-state index in [0.717, 1.165) is 0 Å². The molecule has 0 aromatic heterocycles. The van der Waals surface area contributed by atoms with Crippen LogP contribution in [0.1, 0.15) is 80.1 Å². The number of allylic oxidation sites excluding steroid dienone is 2. The van der Waals surface area contributed by atoms with Gasteiger partial charge in [-0.1, -0.05) is 46.3 Å². The summed E-state index contributed by atoms with van der Waals surface area (Å²) in [7, 11) is 0. The van der Waals surface area contributed by atoms with E-state index in [2.05, 4.69) is 33.8 Å². The summed E-state index contributed by atoms with van der Waals surface area (Å²) in [5.74, 6) is -1.53. The number of hydrogen-bond donors (Lipinski definition) is 13. The van der Waals surface area contributed by atoms with Gasteiger partial charge in [0.1, 0.15) is 67.1 Å². The summed E-state index contributed by atoms with van der Waals surface area (Å²) in [5, 5.41) is 141. The zero-order chi connectivity index (χ0) is 49.0. The van der Waals surface area contributed by atoms with Crippen molar-refractivity contribution in [3.8, 4) is 0 Å². The van der Waals surface area contributed by atoms with E-state index < -0.39 is 152 Å². The monoisotopic (exact) mass is 960 g/mol. The second-order valence-electron chi connectivity index (χ2n) is 22.4. The first-order chi connectivity index (χ1) is 31.4. The molecule has 384 valence electrons. The summed E-state index contributed by atoms with van der Waals surface area (Å²) in [4.78, 5) is 14.4. The molecule has 4 saturated carbocycles. The van der Waals surface area contributed by atoms with Crippen LogP contribution in [0.15, 0.2) is 11.6 Å². The molecule has 0 aromatic carbocycles. The fourth-order valence-electron chi connectivity index (χ4n) is 14.8. The Labute approximate surface area is 390 Å². The highest BCUT2D eigenvalue weighted by Gasteiger charge is 2.68. The maximum Gasteiger partial charge on any atom is 0.311 e.